The van der Waals surface area contributed by atoms with E-state index in [0.29, 0.717) is 0 Å². The number of unbranched alkanes of at least 4 members (excludes halogenated alkanes) is 2. The van der Waals surface area contributed by atoms with Crippen molar-refractivity contribution in [1.82, 2.24) is 0 Å². The van der Waals surface area contributed by atoms with Crippen molar-refractivity contribution >= 4 is 0 Å². The Morgan fingerprint density at radius 3 is 2.13 bits per heavy atom. The second-order valence-electron chi connectivity index (χ2n) is 6.09. The van der Waals surface area contributed by atoms with Gasteiger partial charge in [-0.15, -0.1) is 0 Å². The van der Waals surface area contributed by atoms with E-state index >= 15 is 0 Å². The highest BCUT2D eigenvalue weighted by Gasteiger charge is 2.18. The Kier molecular flexibility index (Phi) is 9.94. The third-order valence-corrected chi connectivity index (χ3v) is 4.12. The molecule has 0 aliphatic heterocycles. The summed E-state index contributed by atoms with van der Waals surface area (Å²) in [6.45, 7) is 4.36. The molecule has 0 heterocycles. The highest BCUT2D eigenvalue weighted by atomic mass is 16.3. The Morgan fingerprint density at radius 1 is 0.870 bits per heavy atom. The monoisotopic (exact) mass is 316 g/mol. The Hall–Kier alpha value is -1.70. The van der Waals surface area contributed by atoms with Crippen molar-refractivity contribution in [3.05, 3.63) is 48.1 Å². The standard InChI is InChI=1S/C21H32O2/c1-3-5-7-8-9-10-11-12-15-18(14-6-4-2)21-19(22)16-13-17-20(21)23/h7-8,10-11,13,16-18,22-23H,3-6,9,12,14-15H2,1-2H3/b8-7-,11-10-. The molecule has 128 valence electrons. The first-order valence-electron chi connectivity index (χ1n) is 9.01. The first kappa shape index (κ1) is 19.3. The lowest BCUT2D eigenvalue weighted by Gasteiger charge is -2.19. The van der Waals surface area contributed by atoms with Crippen LogP contribution < -0.4 is 0 Å². The van der Waals surface area contributed by atoms with Crippen molar-refractivity contribution in [3.8, 4) is 11.5 Å². The van der Waals surface area contributed by atoms with Crippen molar-refractivity contribution < 1.29 is 10.2 Å². The van der Waals surface area contributed by atoms with Crippen LogP contribution in [0.4, 0.5) is 0 Å². The van der Waals surface area contributed by atoms with E-state index in [1.165, 1.54) is 6.42 Å². The summed E-state index contributed by atoms with van der Waals surface area (Å²) in [4.78, 5) is 0. The molecule has 23 heavy (non-hydrogen) atoms. The molecule has 0 radical (unpaired) electrons. The van der Waals surface area contributed by atoms with Crippen molar-refractivity contribution in [2.75, 3.05) is 0 Å². The fourth-order valence-corrected chi connectivity index (χ4v) is 2.81. The number of hydrogen-bond acceptors (Lipinski definition) is 2. The van der Waals surface area contributed by atoms with E-state index in [2.05, 4.69) is 38.2 Å². The molecule has 2 N–H and O–H groups in total. The number of rotatable bonds is 11. The van der Waals surface area contributed by atoms with Gasteiger partial charge in [0.15, 0.2) is 0 Å². The second kappa shape index (κ2) is 11.8. The molecular weight excluding hydrogens is 284 g/mol. The van der Waals surface area contributed by atoms with Crippen molar-refractivity contribution in [3.63, 3.8) is 0 Å². The Morgan fingerprint density at radius 2 is 1.52 bits per heavy atom. The van der Waals surface area contributed by atoms with Crippen LogP contribution in [0.2, 0.25) is 0 Å². The maximum Gasteiger partial charge on any atom is 0.122 e. The normalized spacial score (nSPS) is 13.1. The van der Waals surface area contributed by atoms with Gasteiger partial charge in [-0.2, -0.15) is 0 Å². The van der Waals surface area contributed by atoms with Crippen LogP contribution in [0.5, 0.6) is 11.5 Å². The van der Waals surface area contributed by atoms with Gasteiger partial charge in [0.2, 0.25) is 0 Å². The predicted octanol–water partition coefficient (Wildman–Crippen LogP) is 6.45. The van der Waals surface area contributed by atoms with Gasteiger partial charge >= 0.3 is 0 Å². The topological polar surface area (TPSA) is 40.5 Å². The van der Waals surface area contributed by atoms with Crippen LogP contribution in [0, 0.1) is 0 Å². The molecule has 0 amide bonds. The zero-order valence-corrected chi connectivity index (χ0v) is 14.7. The fourth-order valence-electron chi connectivity index (χ4n) is 2.81. The summed E-state index contributed by atoms with van der Waals surface area (Å²) in [5.74, 6) is 0.659. The maximum absolute atomic E-state index is 10.1. The molecule has 1 aromatic carbocycles. The zero-order chi connectivity index (χ0) is 16.9. The molecule has 1 rings (SSSR count). The lowest BCUT2D eigenvalue weighted by atomic mass is 9.88. The minimum atomic E-state index is 0.219. The Balaban J connectivity index is 2.57. The Labute approximate surface area is 141 Å². The maximum atomic E-state index is 10.1. The van der Waals surface area contributed by atoms with Gasteiger partial charge in [-0.3, -0.25) is 0 Å². The van der Waals surface area contributed by atoms with Crippen LogP contribution in [0.15, 0.2) is 42.5 Å². The third-order valence-electron chi connectivity index (χ3n) is 4.12. The molecule has 0 aromatic heterocycles. The molecule has 0 bridgehead atoms. The molecule has 1 atom stereocenters. The third kappa shape index (κ3) is 7.40. The molecule has 0 saturated carbocycles. The average Bonchev–Trinajstić information content (AvgIpc) is 2.54. The van der Waals surface area contributed by atoms with Gasteiger partial charge in [0, 0.05) is 5.56 Å². The van der Waals surface area contributed by atoms with Crippen molar-refractivity contribution in [2.24, 2.45) is 0 Å². The van der Waals surface area contributed by atoms with Crippen molar-refractivity contribution in [2.45, 2.75) is 71.1 Å². The van der Waals surface area contributed by atoms with Gasteiger partial charge in [0.1, 0.15) is 11.5 Å². The molecule has 0 aliphatic carbocycles. The highest BCUT2D eigenvalue weighted by Crippen LogP contribution is 2.39. The zero-order valence-electron chi connectivity index (χ0n) is 14.7. The largest absolute Gasteiger partial charge is 0.508 e. The van der Waals surface area contributed by atoms with Crippen LogP contribution in [-0.4, -0.2) is 10.2 Å². The minimum absolute atomic E-state index is 0.219. The minimum Gasteiger partial charge on any atom is -0.508 e. The van der Waals surface area contributed by atoms with E-state index in [9.17, 15) is 10.2 Å². The lowest BCUT2D eigenvalue weighted by molar-refractivity contribution is 0.416. The van der Waals surface area contributed by atoms with E-state index in [0.717, 1.165) is 50.5 Å². The van der Waals surface area contributed by atoms with Gasteiger partial charge in [-0.25, -0.2) is 0 Å². The quantitative estimate of drug-likeness (QED) is 0.460. The van der Waals surface area contributed by atoms with Gasteiger partial charge < -0.3 is 10.2 Å². The van der Waals surface area contributed by atoms with E-state index in [-0.39, 0.29) is 17.4 Å². The number of allylic oxidation sites excluding steroid dienone is 4. The molecule has 2 nitrogen and oxygen atoms in total. The smallest absolute Gasteiger partial charge is 0.122 e. The molecule has 0 saturated heterocycles. The van der Waals surface area contributed by atoms with Gasteiger partial charge in [0.05, 0.1) is 0 Å². The summed E-state index contributed by atoms with van der Waals surface area (Å²) in [6, 6.07) is 5.03. The van der Waals surface area contributed by atoms with Crippen LogP contribution in [0.3, 0.4) is 0 Å². The van der Waals surface area contributed by atoms with Crippen molar-refractivity contribution in [1.29, 1.82) is 0 Å². The fraction of sp³-hybridized carbons (Fsp3) is 0.524. The summed E-state index contributed by atoms with van der Waals surface area (Å²) < 4.78 is 0. The lowest BCUT2D eigenvalue weighted by Crippen LogP contribution is -2.00. The van der Waals surface area contributed by atoms with E-state index in [1.54, 1.807) is 18.2 Å². The number of hydrogen-bond donors (Lipinski definition) is 2. The molecule has 1 unspecified atom stereocenters. The first-order valence-corrected chi connectivity index (χ1v) is 9.01. The first-order chi connectivity index (χ1) is 11.2. The summed E-state index contributed by atoms with van der Waals surface area (Å²) in [5.41, 5.74) is 0.720. The summed E-state index contributed by atoms with van der Waals surface area (Å²) >= 11 is 0. The Bertz CT molecular complexity index is 468. The molecule has 0 aliphatic rings. The summed E-state index contributed by atoms with van der Waals surface area (Å²) in [6.07, 6.45) is 17.4. The van der Waals surface area contributed by atoms with E-state index < -0.39 is 0 Å². The van der Waals surface area contributed by atoms with Crippen LogP contribution >= 0.6 is 0 Å². The van der Waals surface area contributed by atoms with E-state index in [1.807, 2.05) is 0 Å². The summed E-state index contributed by atoms with van der Waals surface area (Å²) in [7, 11) is 0. The molecular formula is C21H32O2. The van der Waals surface area contributed by atoms with Gasteiger partial charge in [0.25, 0.3) is 0 Å². The SMILES string of the molecule is CCC/C=C\C/C=C\CCC(CCCC)c1c(O)cccc1O. The number of benzene rings is 1. The molecule has 0 spiro atoms. The van der Waals surface area contributed by atoms with Gasteiger partial charge in [-0.05, 0) is 50.2 Å². The number of phenolic OH excluding ortho intramolecular Hbond substituents is 2. The van der Waals surface area contributed by atoms with Gasteiger partial charge in [-0.1, -0.05) is 63.5 Å². The number of aromatic hydroxyl groups is 2. The highest BCUT2D eigenvalue weighted by molar-refractivity contribution is 5.45. The number of phenols is 2. The summed E-state index contributed by atoms with van der Waals surface area (Å²) in [5, 5.41) is 20.2. The average molecular weight is 316 g/mol. The van der Waals surface area contributed by atoms with Crippen LogP contribution in [0.1, 0.15) is 76.7 Å². The molecule has 1 aromatic rings. The van der Waals surface area contributed by atoms with E-state index in [4.69, 9.17) is 0 Å². The van der Waals surface area contributed by atoms with Crippen LogP contribution in [-0.2, 0) is 0 Å². The molecule has 2 heteroatoms. The van der Waals surface area contributed by atoms with Crippen LogP contribution in [0.25, 0.3) is 0 Å². The predicted molar refractivity (Wildman–Crippen MR) is 99.1 cm³/mol. The second-order valence-corrected chi connectivity index (χ2v) is 6.09. The molecule has 0 fully saturated rings.